The Kier molecular flexibility index (Phi) is 5.24. The van der Waals surface area contributed by atoms with E-state index in [1.165, 1.54) is 0 Å². The molecule has 0 radical (unpaired) electrons. The lowest BCUT2D eigenvalue weighted by atomic mass is 9.97. The molecular formula is C16H28N4O2. The minimum absolute atomic E-state index is 0.0395. The maximum absolute atomic E-state index is 12.1. The van der Waals surface area contributed by atoms with Gasteiger partial charge in [0, 0.05) is 44.4 Å². The van der Waals surface area contributed by atoms with Crippen LogP contribution in [0, 0.1) is 6.92 Å². The van der Waals surface area contributed by atoms with E-state index in [0.717, 1.165) is 43.5 Å². The first-order valence-corrected chi connectivity index (χ1v) is 7.95. The van der Waals surface area contributed by atoms with E-state index in [1.807, 2.05) is 11.9 Å². The van der Waals surface area contributed by atoms with Crippen LogP contribution in [0.3, 0.4) is 0 Å². The molecule has 0 unspecified atom stereocenters. The van der Waals surface area contributed by atoms with Crippen molar-refractivity contribution in [3.63, 3.8) is 0 Å². The van der Waals surface area contributed by atoms with Crippen LogP contribution in [0.5, 0.6) is 0 Å². The molecule has 2 rings (SSSR count). The summed E-state index contributed by atoms with van der Waals surface area (Å²) in [6, 6.07) is 0. The van der Waals surface area contributed by atoms with E-state index >= 15 is 0 Å². The molecule has 1 saturated heterocycles. The average molecular weight is 308 g/mol. The van der Waals surface area contributed by atoms with Gasteiger partial charge in [-0.2, -0.15) is 0 Å². The highest BCUT2D eigenvalue weighted by molar-refractivity contribution is 5.75. The molecule has 2 heterocycles. The number of aryl methyl sites for hydroxylation is 2. The minimum atomic E-state index is -0.106. The van der Waals surface area contributed by atoms with E-state index in [2.05, 4.69) is 43.1 Å². The summed E-state index contributed by atoms with van der Waals surface area (Å²) in [7, 11) is 2.10. The molecule has 1 aromatic heterocycles. The summed E-state index contributed by atoms with van der Waals surface area (Å²) < 4.78 is 5.82. The molecule has 0 bridgehead atoms. The second kappa shape index (κ2) is 6.79. The Bertz CT molecular complexity index is 511. The van der Waals surface area contributed by atoms with Gasteiger partial charge in [-0.05, 0) is 14.0 Å². The first-order valence-electron chi connectivity index (χ1n) is 7.95. The monoisotopic (exact) mass is 308 g/mol. The summed E-state index contributed by atoms with van der Waals surface area (Å²) in [6.07, 6.45) is 1.01. The van der Waals surface area contributed by atoms with Crippen molar-refractivity contribution in [2.75, 3.05) is 33.2 Å². The van der Waals surface area contributed by atoms with Gasteiger partial charge in [0.25, 0.3) is 0 Å². The van der Waals surface area contributed by atoms with Crippen molar-refractivity contribution < 1.29 is 9.21 Å². The topological polar surface area (TPSA) is 61.6 Å². The molecule has 1 aromatic rings. The van der Waals surface area contributed by atoms with E-state index in [9.17, 15) is 4.79 Å². The lowest BCUT2D eigenvalue weighted by Crippen LogP contribution is -2.52. The van der Waals surface area contributed by atoms with Crippen molar-refractivity contribution in [2.45, 2.75) is 46.0 Å². The van der Waals surface area contributed by atoms with E-state index in [1.54, 1.807) is 0 Å². The number of aromatic nitrogens is 1. The van der Waals surface area contributed by atoms with Crippen LogP contribution in [0.15, 0.2) is 4.42 Å². The first-order chi connectivity index (χ1) is 10.3. The Morgan fingerprint density at radius 1 is 1.27 bits per heavy atom. The summed E-state index contributed by atoms with van der Waals surface area (Å²) in [5, 5.41) is 2.00. The zero-order chi connectivity index (χ0) is 16.3. The number of nitrogens with zero attached hydrogens (tertiary/aromatic N) is 3. The van der Waals surface area contributed by atoms with E-state index < -0.39 is 0 Å². The lowest BCUT2D eigenvalue weighted by Gasteiger charge is -2.32. The number of carbonyl (C=O) groups is 1. The first kappa shape index (κ1) is 17.0. The van der Waals surface area contributed by atoms with Crippen molar-refractivity contribution in [2.24, 2.45) is 0 Å². The van der Waals surface area contributed by atoms with Gasteiger partial charge in [0.2, 0.25) is 5.91 Å². The molecule has 1 fully saturated rings. The third-order valence-electron chi connectivity index (χ3n) is 3.90. The molecule has 0 saturated carbocycles. The van der Waals surface area contributed by atoms with Gasteiger partial charge in [-0.25, -0.2) is 9.99 Å². The van der Waals surface area contributed by atoms with Gasteiger partial charge >= 0.3 is 0 Å². The Labute approximate surface area is 132 Å². The van der Waals surface area contributed by atoms with Gasteiger partial charge in [-0.15, -0.1) is 0 Å². The number of likely N-dealkylation sites (N-methyl/N-ethyl adjacent to an activating group) is 1. The van der Waals surface area contributed by atoms with Crippen LogP contribution in [-0.2, 0) is 16.6 Å². The van der Waals surface area contributed by atoms with E-state index in [0.29, 0.717) is 12.8 Å². The number of oxazole rings is 1. The summed E-state index contributed by atoms with van der Waals surface area (Å²) >= 11 is 0. The Hall–Kier alpha value is -1.40. The molecule has 0 aromatic carbocycles. The van der Waals surface area contributed by atoms with Crippen LogP contribution in [0.1, 0.15) is 44.5 Å². The molecule has 1 N–H and O–H groups in total. The number of piperazine rings is 1. The number of hydrogen-bond acceptors (Lipinski definition) is 5. The molecule has 6 heteroatoms. The maximum atomic E-state index is 12.1. The fourth-order valence-electron chi connectivity index (χ4n) is 2.36. The minimum Gasteiger partial charge on any atom is -0.445 e. The third-order valence-corrected chi connectivity index (χ3v) is 3.90. The van der Waals surface area contributed by atoms with Gasteiger partial charge < -0.3 is 9.32 Å². The van der Waals surface area contributed by atoms with Crippen LogP contribution in [0.25, 0.3) is 0 Å². The molecule has 1 aliphatic heterocycles. The quantitative estimate of drug-likeness (QED) is 0.913. The normalized spacial score (nSPS) is 17.7. The van der Waals surface area contributed by atoms with Gasteiger partial charge in [0.15, 0.2) is 5.89 Å². The molecule has 6 nitrogen and oxygen atoms in total. The number of nitrogens with one attached hydrogen (secondary N) is 1. The molecular weight excluding hydrogens is 280 g/mol. The standard InChI is InChI=1S/C16H28N4O2/c1-12-13(22-15(17-12)16(2,3)4)6-7-14(21)18-20-10-8-19(5)9-11-20/h6-11H2,1-5H3,(H,18,21). The predicted octanol–water partition coefficient (Wildman–Crippen LogP) is 1.49. The Morgan fingerprint density at radius 3 is 2.45 bits per heavy atom. The molecule has 22 heavy (non-hydrogen) atoms. The number of hydrogen-bond donors (Lipinski definition) is 1. The fraction of sp³-hybridized carbons (Fsp3) is 0.750. The molecule has 0 atom stereocenters. The summed E-state index contributed by atoms with van der Waals surface area (Å²) in [6.45, 7) is 11.9. The van der Waals surface area contributed by atoms with Gasteiger partial charge in [-0.1, -0.05) is 20.8 Å². The highest BCUT2D eigenvalue weighted by Gasteiger charge is 2.22. The van der Waals surface area contributed by atoms with Crippen molar-refractivity contribution in [3.8, 4) is 0 Å². The second-order valence-electron chi connectivity index (χ2n) is 7.10. The smallest absolute Gasteiger partial charge is 0.234 e. The number of carbonyl (C=O) groups excluding carboxylic acids is 1. The molecule has 124 valence electrons. The summed E-state index contributed by atoms with van der Waals surface area (Å²) in [5.41, 5.74) is 3.75. The van der Waals surface area contributed by atoms with Gasteiger partial charge in [0.05, 0.1) is 5.69 Å². The number of amides is 1. The highest BCUT2D eigenvalue weighted by atomic mass is 16.4. The van der Waals surface area contributed by atoms with Crippen LogP contribution in [0.2, 0.25) is 0 Å². The van der Waals surface area contributed by atoms with E-state index in [-0.39, 0.29) is 11.3 Å². The number of hydrazine groups is 1. The van der Waals surface area contributed by atoms with Crippen LogP contribution in [0.4, 0.5) is 0 Å². The third kappa shape index (κ3) is 4.55. The SMILES string of the molecule is Cc1nc(C(C)(C)C)oc1CCC(=O)NN1CCN(C)CC1. The zero-order valence-corrected chi connectivity index (χ0v) is 14.4. The Balaban J connectivity index is 1.82. The second-order valence-corrected chi connectivity index (χ2v) is 7.10. The van der Waals surface area contributed by atoms with Crippen molar-refractivity contribution in [3.05, 3.63) is 17.3 Å². The lowest BCUT2D eigenvalue weighted by molar-refractivity contribution is -0.126. The average Bonchev–Trinajstić information content (AvgIpc) is 2.80. The summed E-state index contributed by atoms with van der Waals surface area (Å²) in [5.74, 6) is 1.59. The van der Waals surface area contributed by atoms with Crippen LogP contribution >= 0.6 is 0 Å². The molecule has 0 spiro atoms. The molecule has 1 aliphatic rings. The van der Waals surface area contributed by atoms with Crippen molar-refractivity contribution in [1.82, 2.24) is 20.3 Å². The Morgan fingerprint density at radius 2 is 1.91 bits per heavy atom. The zero-order valence-electron chi connectivity index (χ0n) is 14.4. The highest BCUT2D eigenvalue weighted by Crippen LogP contribution is 2.24. The number of rotatable bonds is 4. The molecule has 0 aliphatic carbocycles. The van der Waals surface area contributed by atoms with Crippen molar-refractivity contribution >= 4 is 5.91 Å². The largest absolute Gasteiger partial charge is 0.445 e. The van der Waals surface area contributed by atoms with Crippen LogP contribution in [-0.4, -0.2) is 54.0 Å². The maximum Gasteiger partial charge on any atom is 0.234 e. The van der Waals surface area contributed by atoms with Gasteiger partial charge in [0.1, 0.15) is 5.76 Å². The van der Waals surface area contributed by atoms with Gasteiger partial charge in [-0.3, -0.25) is 10.2 Å². The summed E-state index contributed by atoms with van der Waals surface area (Å²) in [4.78, 5) is 18.8. The van der Waals surface area contributed by atoms with Crippen LogP contribution < -0.4 is 5.43 Å². The predicted molar refractivity (Wildman–Crippen MR) is 85.5 cm³/mol. The van der Waals surface area contributed by atoms with E-state index in [4.69, 9.17) is 4.42 Å². The fourth-order valence-corrected chi connectivity index (χ4v) is 2.36. The molecule has 1 amide bonds. The van der Waals surface area contributed by atoms with Crippen molar-refractivity contribution in [1.29, 1.82) is 0 Å².